The van der Waals surface area contributed by atoms with Crippen LogP contribution in [0.2, 0.25) is 0 Å². The highest BCUT2D eigenvalue weighted by Crippen LogP contribution is 2.53. The Hall–Kier alpha value is -1.91. The highest BCUT2D eigenvalue weighted by Gasteiger charge is 2.62. The second kappa shape index (κ2) is 5.07. The third-order valence-corrected chi connectivity index (χ3v) is 4.78. The van der Waals surface area contributed by atoms with Crippen molar-refractivity contribution in [2.75, 3.05) is 0 Å². The fourth-order valence-electron chi connectivity index (χ4n) is 3.75. The van der Waals surface area contributed by atoms with Gasteiger partial charge >= 0.3 is 6.18 Å². The van der Waals surface area contributed by atoms with Crippen molar-refractivity contribution in [2.24, 2.45) is 17.3 Å². The third-order valence-electron chi connectivity index (χ3n) is 4.78. The van der Waals surface area contributed by atoms with Crippen LogP contribution in [0.15, 0.2) is 42.5 Å². The minimum absolute atomic E-state index is 0.0414. The van der Waals surface area contributed by atoms with Gasteiger partial charge in [-0.2, -0.15) is 13.2 Å². The molecule has 0 unspecified atom stereocenters. The first-order valence-corrected chi connectivity index (χ1v) is 7.25. The number of carbonyl (C=O) groups excluding carboxylic acids is 2. The van der Waals surface area contributed by atoms with Crippen LogP contribution < -0.4 is 0 Å². The molecule has 1 saturated carbocycles. The number of allylic oxidation sites excluding steroid dienone is 2. The summed E-state index contributed by atoms with van der Waals surface area (Å²) in [4.78, 5) is 25.0. The molecular formula is C17H15F3O2. The van der Waals surface area contributed by atoms with E-state index in [0.717, 1.165) is 6.42 Å². The summed E-state index contributed by atoms with van der Waals surface area (Å²) in [5.41, 5.74) is -1.82. The van der Waals surface area contributed by atoms with Gasteiger partial charge in [-0.25, -0.2) is 0 Å². The summed E-state index contributed by atoms with van der Waals surface area (Å²) in [6.45, 7) is 0. The lowest BCUT2D eigenvalue weighted by Crippen LogP contribution is -2.55. The molecule has 5 heteroatoms. The lowest BCUT2D eigenvalue weighted by molar-refractivity contribution is -0.183. The zero-order valence-electron chi connectivity index (χ0n) is 11.8. The molecule has 0 saturated heterocycles. The van der Waals surface area contributed by atoms with Crippen molar-refractivity contribution in [3.63, 3.8) is 0 Å². The summed E-state index contributed by atoms with van der Waals surface area (Å²) in [7, 11) is 0. The molecule has 0 spiro atoms. The molecule has 2 bridgehead atoms. The van der Waals surface area contributed by atoms with Crippen LogP contribution in [0.3, 0.4) is 0 Å². The molecule has 1 aromatic rings. The normalized spacial score (nSPS) is 30.3. The van der Waals surface area contributed by atoms with Crippen LogP contribution in [0.25, 0.3) is 0 Å². The molecule has 0 aliphatic heterocycles. The number of hydrogen-bond acceptors (Lipinski definition) is 2. The van der Waals surface area contributed by atoms with Gasteiger partial charge in [-0.05, 0) is 31.1 Å². The van der Waals surface area contributed by atoms with Gasteiger partial charge in [0.1, 0.15) is 5.41 Å². The van der Waals surface area contributed by atoms with Gasteiger partial charge in [0.15, 0.2) is 5.78 Å². The molecule has 3 aliphatic rings. The molecule has 4 rings (SSSR count). The number of Topliss-reactive ketones (excluding diaryl/α,β-unsaturated/α-hetero) is 2. The maximum absolute atomic E-state index is 13.2. The Morgan fingerprint density at radius 2 is 1.73 bits per heavy atom. The molecular weight excluding hydrogens is 293 g/mol. The molecule has 0 heterocycles. The van der Waals surface area contributed by atoms with E-state index in [1.807, 2.05) is 6.08 Å². The van der Waals surface area contributed by atoms with Gasteiger partial charge in [0.05, 0.1) is 0 Å². The van der Waals surface area contributed by atoms with E-state index in [1.165, 1.54) is 12.1 Å². The Bertz CT molecular complexity index is 633. The minimum atomic E-state index is -5.00. The smallest absolute Gasteiger partial charge is 0.293 e. The number of benzene rings is 1. The summed E-state index contributed by atoms with van der Waals surface area (Å²) in [6, 6.07) is 7.81. The summed E-state index contributed by atoms with van der Waals surface area (Å²) >= 11 is 0. The number of hydrogen-bond donors (Lipinski definition) is 0. The number of rotatable bonds is 3. The second-order valence-electron chi connectivity index (χ2n) is 6.03. The number of halogens is 3. The molecule has 116 valence electrons. The van der Waals surface area contributed by atoms with E-state index in [2.05, 4.69) is 0 Å². The van der Waals surface area contributed by atoms with E-state index in [0.29, 0.717) is 6.42 Å². The van der Waals surface area contributed by atoms with Crippen molar-refractivity contribution >= 4 is 11.6 Å². The molecule has 2 nitrogen and oxygen atoms in total. The summed E-state index contributed by atoms with van der Waals surface area (Å²) in [5.74, 6) is -3.40. The Morgan fingerprint density at radius 3 is 2.18 bits per heavy atom. The minimum Gasteiger partial charge on any atom is -0.293 e. The highest BCUT2D eigenvalue weighted by atomic mass is 19.4. The van der Waals surface area contributed by atoms with Gasteiger partial charge in [-0.1, -0.05) is 42.5 Å². The van der Waals surface area contributed by atoms with Crippen LogP contribution in [0.4, 0.5) is 13.2 Å². The van der Waals surface area contributed by atoms with E-state index in [9.17, 15) is 22.8 Å². The van der Waals surface area contributed by atoms with E-state index in [4.69, 9.17) is 0 Å². The summed E-state index contributed by atoms with van der Waals surface area (Å²) < 4.78 is 39.5. The highest BCUT2D eigenvalue weighted by molar-refractivity contribution is 6.16. The predicted octanol–water partition coefficient (Wildman–Crippen LogP) is 3.97. The Balaban J connectivity index is 2.11. The van der Waals surface area contributed by atoms with Crippen LogP contribution >= 0.6 is 0 Å². The van der Waals surface area contributed by atoms with Crippen molar-refractivity contribution in [2.45, 2.75) is 25.4 Å². The molecule has 0 aromatic heterocycles. The SMILES string of the molecule is O=C(c1ccccc1)[C@@]1(C(=O)C(F)(F)F)C[C@@H]2C=C[C@H]1CC2. The van der Waals surface area contributed by atoms with Crippen LogP contribution in [-0.4, -0.2) is 17.7 Å². The van der Waals surface area contributed by atoms with Crippen LogP contribution in [-0.2, 0) is 4.79 Å². The zero-order chi connectivity index (χ0) is 16.0. The standard InChI is InChI=1S/C17H15F3O2/c18-17(19,20)15(22)16(10-11-6-8-13(16)9-7-11)14(21)12-4-2-1-3-5-12/h1-6,8,11,13H,7,9-10H2/t11-,13+,16-/m1/s1. The predicted molar refractivity (Wildman–Crippen MR) is 74.2 cm³/mol. The fourth-order valence-corrected chi connectivity index (χ4v) is 3.75. The molecule has 22 heavy (non-hydrogen) atoms. The number of fused-ring (bicyclic) bond motifs is 2. The Morgan fingerprint density at radius 1 is 1.05 bits per heavy atom. The van der Waals surface area contributed by atoms with Gasteiger partial charge in [0.2, 0.25) is 0 Å². The maximum Gasteiger partial charge on any atom is 0.451 e. The summed E-state index contributed by atoms with van der Waals surface area (Å²) in [6.07, 6.45) is -0.399. The van der Waals surface area contributed by atoms with Gasteiger partial charge in [-0.15, -0.1) is 0 Å². The molecule has 1 fully saturated rings. The first-order chi connectivity index (χ1) is 10.4. The number of carbonyl (C=O) groups is 2. The summed E-state index contributed by atoms with van der Waals surface area (Å²) in [5, 5.41) is 0. The van der Waals surface area contributed by atoms with Crippen LogP contribution in [0.1, 0.15) is 29.6 Å². The number of alkyl halides is 3. The van der Waals surface area contributed by atoms with Crippen molar-refractivity contribution in [1.29, 1.82) is 0 Å². The molecule has 0 N–H and O–H groups in total. The molecule has 0 radical (unpaired) electrons. The quantitative estimate of drug-likeness (QED) is 0.481. The van der Waals surface area contributed by atoms with E-state index in [-0.39, 0.29) is 17.9 Å². The molecule has 3 aliphatic carbocycles. The average molecular weight is 308 g/mol. The first-order valence-electron chi connectivity index (χ1n) is 7.25. The zero-order valence-corrected chi connectivity index (χ0v) is 11.8. The van der Waals surface area contributed by atoms with Gasteiger partial charge in [0, 0.05) is 5.56 Å². The van der Waals surface area contributed by atoms with Crippen molar-refractivity contribution in [3.05, 3.63) is 48.0 Å². The van der Waals surface area contributed by atoms with Crippen molar-refractivity contribution in [3.8, 4) is 0 Å². The third kappa shape index (κ3) is 2.19. The van der Waals surface area contributed by atoms with E-state index < -0.39 is 29.1 Å². The number of ketones is 2. The van der Waals surface area contributed by atoms with Crippen molar-refractivity contribution in [1.82, 2.24) is 0 Å². The Labute approximate surface area is 126 Å². The molecule has 1 aromatic carbocycles. The largest absolute Gasteiger partial charge is 0.451 e. The lowest BCUT2D eigenvalue weighted by atomic mass is 9.54. The monoisotopic (exact) mass is 308 g/mol. The second-order valence-corrected chi connectivity index (χ2v) is 6.03. The van der Waals surface area contributed by atoms with Gasteiger partial charge in [0.25, 0.3) is 5.78 Å². The van der Waals surface area contributed by atoms with Gasteiger partial charge in [-0.3, -0.25) is 9.59 Å². The topological polar surface area (TPSA) is 34.1 Å². The molecule has 0 amide bonds. The average Bonchev–Trinajstić information content (AvgIpc) is 2.54. The lowest BCUT2D eigenvalue weighted by Gasteiger charge is -2.46. The van der Waals surface area contributed by atoms with Crippen molar-refractivity contribution < 1.29 is 22.8 Å². The Kier molecular flexibility index (Phi) is 3.46. The first kappa shape index (κ1) is 15.0. The van der Waals surface area contributed by atoms with Crippen LogP contribution in [0.5, 0.6) is 0 Å². The van der Waals surface area contributed by atoms with Crippen LogP contribution in [0, 0.1) is 17.3 Å². The molecule has 3 atom stereocenters. The van der Waals surface area contributed by atoms with Gasteiger partial charge < -0.3 is 0 Å². The van der Waals surface area contributed by atoms with E-state index >= 15 is 0 Å². The maximum atomic E-state index is 13.2. The van der Waals surface area contributed by atoms with E-state index in [1.54, 1.807) is 24.3 Å². The fraction of sp³-hybridized carbons (Fsp3) is 0.412.